The van der Waals surface area contributed by atoms with Gasteiger partial charge in [0.25, 0.3) is 0 Å². The second-order valence-corrected chi connectivity index (χ2v) is 6.65. The van der Waals surface area contributed by atoms with Gasteiger partial charge in [0, 0.05) is 12.3 Å². The molecule has 0 aliphatic heterocycles. The standard InChI is InChI=1S/C19H22N2O6/c1-6-25-17(23)16(20-27-12(2)22)15-11-13-9-7-8-10-14(13)21(15)18(24)26-19(3,4)5/h7-11H,6H2,1-5H3/b20-16+. The lowest BCUT2D eigenvalue weighted by molar-refractivity contribution is -0.141. The summed E-state index contributed by atoms with van der Waals surface area (Å²) in [7, 11) is 0. The maximum Gasteiger partial charge on any atom is 0.419 e. The van der Waals surface area contributed by atoms with Crippen LogP contribution in [-0.2, 0) is 23.9 Å². The van der Waals surface area contributed by atoms with Gasteiger partial charge in [-0.15, -0.1) is 0 Å². The fourth-order valence-corrected chi connectivity index (χ4v) is 2.33. The number of benzene rings is 1. The molecule has 0 aliphatic rings. The molecule has 0 radical (unpaired) electrons. The van der Waals surface area contributed by atoms with Gasteiger partial charge in [0.2, 0.25) is 5.71 Å². The van der Waals surface area contributed by atoms with Crippen molar-refractivity contribution < 1.29 is 28.7 Å². The largest absolute Gasteiger partial charge is 0.461 e. The Labute approximate surface area is 156 Å². The summed E-state index contributed by atoms with van der Waals surface area (Å²) >= 11 is 0. The molecular formula is C19H22N2O6. The number of carbonyl (C=O) groups excluding carboxylic acids is 3. The summed E-state index contributed by atoms with van der Waals surface area (Å²) in [5, 5.41) is 4.29. The second kappa shape index (κ2) is 8.03. The summed E-state index contributed by atoms with van der Waals surface area (Å²) < 4.78 is 11.7. The molecule has 0 spiro atoms. The Morgan fingerprint density at radius 2 is 1.81 bits per heavy atom. The number of esters is 1. The monoisotopic (exact) mass is 374 g/mol. The van der Waals surface area contributed by atoms with Crippen molar-refractivity contribution in [3.8, 4) is 0 Å². The summed E-state index contributed by atoms with van der Waals surface area (Å²) in [6.07, 6.45) is -0.696. The summed E-state index contributed by atoms with van der Waals surface area (Å²) in [5.41, 5.74) is -0.447. The molecule has 0 bridgehead atoms. The van der Waals surface area contributed by atoms with Crippen LogP contribution in [0.15, 0.2) is 35.5 Å². The number of para-hydroxylation sites is 1. The summed E-state index contributed by atoms with van der Waals surface area (Å²) in [6.45, 7) is 8.06. The minimum absolute atomic E-state index is 0.0879. The van der Waals surface area contributed by atoms with E-state index in [0.717, 1.165) is 6.92 Å². The average Bonchev–Trinajstić information content (AvgIpc) is 2.92. The zero-order valence-corrected chi connectivity index (χ0v) is 15.9. The Kier molecular flexibility index (Phi) is 5.99. The van der Waals surface area contributed by atoms with E-state index in [1.807, 2.05) is 0 Å². The number of hydrogen-bond acceptors (Lipinski definition) is 7. The summed E-state index contributed by atoms with van der Waals surface area (Å²) in [6, 6.07) is 8.60. The highest BCUT2D eigenvalue weighted by atomic mass is 16.7. The number of rotatable bonds is 4. The molecule has 27 heavy (non-hydrogen) atoms. The Morgan fingerprint density at radius 3 is 2.41 bits per heavy atom. The van der Waals surface area contributed by atoms with Crippen LogP contribution in [0.5, 0.6) is 0 Å². The van der Waals surface area contributed by atoms with Gasteiger partial charge in [-0.2, -0.15) is 0 Å². The number of hydrogen-bond donors (Lipinski definition) is 0. The Bertz CT molecular complexity index is 905. The Balaban J connectivity index is 2.68. The lowest BCUT2D eigenvalue weighted by Gasteiger charge is -2.21. The first-order chi connectivity index (χ1) is 12.6. The van der Waals surface area contributed by atoms with E-state index >= 15 is 0 Å². The van der Waals surface area contributed by atoms with E-state index in [4.69, 9.17) is 9.47 Å². The number of ether oxygens (including phenoxy) is 2. The number of carbonyl (C=O) groups is 3. The fraction of sp³-hybridized carbons (Fsp3) is 0.368. The van der Waals surface area contributed by atoms with E-state index < -0.39 is 23.6 Å². The molecule has 2 rings (SSSR count). The van der Waals surface area contributed by atoms with Gasteiger partial charge in [-0.1, -0.05) is 23.4 Å². The first kappa shape index (κ1) is 20.2. The number of nitrogens with zero attached hydrogens (tertiary/aromatic N) is 2. The van der Waals surface area contributed by atoms with Gasteiger partial charge in [0.1, 0.15) is 5.60 Å². The van der Waals surface area contributed by atoms with Crippen LogP contribution in [0.1, 0.15) is 40.3 Å². The van der Waals surface area contributed by atoms with Crippen LogP contribution in [0.3, 0.4) is 0 Å². The molecule has 8 heteroatoms. The van der Waals surface area contributed by atoms with Crippen molar-refractivity contribution >= 4 is 34.6 Å². The average molecular weight is 374 g/mol. The molecule has 0 saturated carbocycles. The van der Waals surface area contributed by atoms with Crippen LogP contribution >= 0.6 is 0 Å². The minimum atomic E-state index is -0.827. The predicted molar refractivity (Wildman–Crippen MR) is 98.5 cm³/mol. The third kappa shape index (κ3) is 4.93. The van der Waals surface area contributed by atoms with Crippen LogP contribution < -0.4 is 0 Å². The molecule has 1 heterocycles. The molecule has 8 nitrogen and oxygen atoms in total. The van der Waals surface area contributed by atoms with Crippen LogP contribution in [0.25, 0.3) is 10.9 Å². The molecule has 2 aromatic rings. The third-order valence-corrected chi connectivity index (χ3v) is 3.26. The van der Waals surface area contributed by atoms with Crippen molar-refractivity contribution in [2.24, 2.45) is 5.16 Å². The van der Waals surface area contributed by atoms with Crippen molar-refractivity contribution in [3.05, 3.63) is 36.0 Å². The zero-order chi connectivity index (χ0) is 20.2. The van der Waals surface area contributed by atoms with E-state index in [0.29, 0.717) is 10.9 Å². The molecule has 0 fully saturated rings. The third-order valence-electron chi connectivity index (χ3n) is 3.26. The van der Waals surface area contributed by atoms with Crippen molar-refractivity contribution in [1.29, 1.82) is 0 Å². The predicted octanol–water partition coefficient (Wildman–Crippen LogP) is 3.25. The lowest BCUT2D eigenvalue weighted by atomic mass is 10.2. The minimum Gasteiger partial charge on any atom is -0.461 e. The fourth-order valence-electron chi connectivity index (χ4n) is 2.33. The van der Waals surface area contributed by atoms with Gasteiger partial charge in [0.15, 0.2) is 0 Å². The molecule has 1 aromatic heterocycles. The quantitative estimate of drug-likeness (QED) is 0.353. The normalized spacial score (nSPS) is 12.0. The highest BCUT2D eigenvalue weighted by Crippen LogP contribution is 2.23. The Hall–Kier alpha value is -3.16. The van der Waals surface area contributed by atoms with Gasteiger partial charge in [-0.3, -0.25) is 0 Å². The first-order valence-corrected chi connectivity index (χ1v) is 8.41. The SMILES string of the molecule is CCOC(=O)/C(=N/OC(C)=O)c1cc2ccccc2n1C(=O)OC(C)(C)C. The van der Waals surface area contributed by atoms with Crippen LogP contribution in [0.4, 0.5) is 4.79 Å². The highest BCUT2D eigenvalue weighted by molar-refractivity contribution is 6.43. The van der Waals surface area contributed by atoms with E-state index in [1.165, 1.54) is 4.57 Å². The van der Waals surface area contributed by atoms with E-state index in [2.05, 4.69) is 9.99 Å². The van der Waals surface area contributed by atoms with Gasteiger partial charge in [-0.25, -0.2) is 19.0 Å². The van der Waals surface area contributed by atoms with Gasteiger partial charge in [0.05, 0.1) is 17.8 Å². The summed E-state index contributed by atoms with van der Waals surface area (Å²) in [4.78, 5) is 41.0. The van der Waals surface area contributed by atoms with Gasteiger partial charge >= 0.3 is 18.0 Å². The van der Waals surface area contributed by atoms with Crippen molar-refractivity contribution in [2.75, 3.05) is 6.61 Å². The van der Waals surface area contributed by atoms with E-state index in [-0.39, 0.29) is 18.0 Å². The number of aromatic nitrogens is 1. The van der Waals surface area contributed by atoms with Crippen LogP contribution in [0.2, 0.25) is 0 Å². The molecule has 0 atom stereocenters. The van der Waals surface area contributed by atoms with Crippen molar-refractivity contribution in [2.45, 2.75) is 40.2 Å². The first-order valence-electron chi connectivity index (χ1n) is 8.41. The second-order valence-electron chi connectivity index (χ2n) is 6.65. The highest BCUT2D eigenvalue weighted by Gasteiger charge is 2.28. The lowest BCUT2D eigenvalue weighted by Crippen LogP contribution is -2.30. The smallest absolute Gasteiger partial charge is 0.419 e. The molecule has 0 aliphatic carbocycles. The zero-order valence-electron chi connectivity index (χ0n) is 15.9. The van der Waals surface area contributed by atoms with Crippen LogP contribution in [-0.4, -0.2) is 40.5 Å². The van der Waals surface area contributed by atoms with Crippen LogP contribution in [0, 0.1) is 0 Å². The topological polar surface area (TPSA) is 96.2 Å². The molecular weight excluding hydrogens is 352 g/mol. The molecule has 0 N–H and O–H groups in total. The van der Waals surface area contributed by atoms with Crippen molar-refractivity contribution in [3.63, 3.8) is 0 Å². The summed E-state index contributed by atoms with van der Waals surface area (Å²) in [5.74, 6) is -1.54. The number of oxime groups is 1. The molecule has 0 amide bonds. The van der Waals surface area contributed by atoms with E-state index in [9.17, 15) is 14.4 Å². The van der Waals surface area contributed by atoms with E-state index in [1.54, 1.807) is 58.0 Å². The molecule has 1 aromatic carbocycles. The van der Waals surface area contributed by atoms with Crippen molar-refractivity contribution in [1.82, 2.24) is 4.57 Å². The maximum atomic E-state index is 12.8. The maximum absolute atomic E-state index is 12.8. The molecule has 0 unspecified atom stereocenters. The van der Waals surface area contributed by atoms with Gasteiger partial charge < -0.3 is 14.3 Å². The number of fused-ring (bicyclic) bond motifs is 1. The molecule has 0 saturated heterocycles. The molecule has 144 valence electrons. The Morgan fingerprint density at radius 1 is 1.15 bits per heavy atom. The van der Waals surface area contributed by atoms with Gasteiger partial charge in [-0.05, 0) is 39.8 Å².